The van der Waals surface area contributed by atoms with Crippen LogP contribution in [0.3, 0.4) is 0 Å². The summed E-state index contributed by atoms with van der Waals surface area (Å²) >= 11 is 5.89. The minimum absolute atomic E-state index is 0.00250. The molecule has 2 atom stereocenters. The maximum absolute atomic E-state index is 13.3. The lowest BCUT2D eigenvalue weighted by atomic mass is 10.0. The molecule has 1 aliphatic heterocycles. The van der Waals surface area contributed by atoms with Gasteiger partial charge in [0.25, 0.3) is 0 Å². The molecule has 1 aliphatic rings. The first-order valence-corrected chi connectivity index (χ1v) is 6.92. The summed E-state index contributed by atoms with van der Waals surface area (Å²) in [6, 6.07) is 8.70. The van der Waals surface area contributed by atoms with Gasteiger partial charge >= 0.3 is 0 Å². The molecule has 104 valence electrons. The van der Waals surface area contributed by atoms with Gasteiger partial charge < -0.3 is 10.6 Å². The summed E-state index contributed by atoms with van der Waals surface area (Å²) in [6.45, 7) is 0.854. The number of hydrogen-bond acceptors (Lipinski definition) is 3. The van der Waals surface area contributed by atoms with Gasteiger partial charge in [0, 0.05) is 18.8 Å². The minimum atomic E-state index is -0.407. The lowest BCUT2D eigenvalue weighted by molar-refractivity contribution is 0.601. The Labute approximate surface area is 122 Å². The van der Waals surface area contributed by atoms with Crippen molar-refractivity contribution in [2.24, 2.45) is 5.73 Å². The van der Waals surface area contributed by atoms with Gasteiger partial charge in [-0.15, -0.1) is 0 Å². The summed E-state index contributed by atoms with van der Waals surface area (Å²) in [4.78, 5) is 6.34. The first-order valence-electron chi connectivity index (χ1n) is 6.54. The molecule has 3 rings (SSSR count). The average molecular weight is 292 g/mol. The van der Waals surface area contributed by atoms with Gasteiger partial charge in [-0.25, -0.2) is 4.39 Å². The Balaban J connectivity index is 1.98. The van der Waals surface area contributed by atoms with Gasteiger partial charge in [-0.2, -0.15) is 0 Å². The highest BCUT2D eigenvalue weighted by molar-refractivity contribution is 6.30. The Bertz CT molecular complexity index is 605. The molecule has 2 N–H and O–H groups in total. The molecular weight excluding hydrogens is 277 g/mol. The van der Waals surface area contributed by atoms with Crippen molar-refractivity contribution in [2.45, 2.75) is 18.5 Å². The minimum Gasteiger partial charge on any atom is -0.362 e. The van der Waals surface area contributed by atoms with Gasteiger partial charge in [-0.05, 0) is 36.2 Å². The maximum Gasteiger partial charge on any atom is 0.141 e. The van der Waals surface area contributed by atoms with Crippen LogP contribution in [0.5, 0.6) is 0 Å². The second kappa shape index (κ2) is 5.38. The van der Waals surface area contributed by atoms with Gasteiger partial charge in [-0.1, -0.05) is 17.7 Å². The highest BCUT2D eigenvalue weighted by Crippen LogP contribution is 2.36. The van der Waals surface area contributed by atoms with Gasteiger partial charge in [0.05, 0.1) is 22.9 Å². The lowest BCUT2D eigenvalue weighted by Gasteiger charge is -2.29. The monoisotopic (exact) mass is 291 g/mol. The van der Waals surface area contributed by atoms with E-state index in [0.717, 1.165) is 24.2 Å². The molecule has 0 aliphatic carbocycles. The van der Waals surface area contributed by atoms with Crippen LogP contribution >= 0.6 is 11.6 Å². The third kappa shape index (κ3) is 2.37. The van der Waals surface area contributed by atoms with E-state index in [9.17, 15) is 4.39 Å². The number of nitrogens with zero attached hydrogens (tertiary/aromatic N) is 2. The summed E-state index contributed by atoms with van der Waals surface area (Å²) in [5.74, 6) is -0.407. The highest BCUT2D eigenvalue weighted by Gasteiger charge is 2.33. The number of benzene rings is 1. The molecular formula is C15H15ClFN3. The van der Waals surface area contributed by atoms with Gasteiger partial charge in [0.2, 0.25) is 0 Å². The molecule has 0 radical (unpaired) electrons. The Morgan fingerprint density at radius 1 is 1.35 bits per heavy atom. The number of aromatic nitrogens is 1. The molecule has 0 amide bonds. The van der Waals surface area contributed by atoms with Crippen LogP contribution in [0.25, 0.3) is 0 Å². The smallest absolute Gasteiger partial charge is 0.141 e. The third-order valence-corrected chi connectivity index (χ3v) is 4.00. The summed E-state index contributed by atoms with van der Waals surface area (Å²) in [5, 5.41) is 0.132. The van der Waals surface area contributed by atoms with Crippen molar-refractivity contribution in [1.29, 1.82) is 0 Å². The lowest BCUT2D eigenvalue weighted by Crippen LogP contribution is -2.31. The number of rotatable bonds is 2. The summed E-state index contributed by atoms with van der Waals surface area (Å²) in [6.07, 6.45) is 4.44. The average Bonchev–Trinajstić information content (AvgIpc) is 2.85. The molecule has 0 bridgehead atoms. The van der Waals surface area contributed by atoms with Crippen molar-refractivity contribution in [3.8, 4) is 0 Å². The molecule has 1 aromatic heterocycles. The summed E-state index contributed by atoms with van der Waals surface area (Å²) < 4.78 is 13.3. The zero-order valence-corrected chi connectivity index (χ0v) is 11.6. The standard InChI is InChI=1S/C15H15ClFN3/c16-12-8-10(3-4-13(12)17)15-14(18)5-7-20(15)11-2-1-6-19-9-11/h1-4,6,8-9,14-15H,5,7,18H2/t14?,15-/m0/s1. The zero-order valence-electron chi connectivity index (χ0n) is 10.8. The third-order valence-electron chi connectivity index (χ3n) is 3.71. The number of halogens is 2. The molecule has 1 unspecified atom stereocenters. The molecule has 1 aromatic carbocycles. The first-order chi connectivity index (χ1) is 9.66. The highest BCUT2D eigenvalue weighted by atomic mass is 35.5. The topological polar surface area (TPSA) is 42.1 Å². The predicted octanol–water partition coefficient (Wildman–Crippen LogP) is 3.15. The second-order valence-corrected chi connectivity index (χ2v) is 5.38. The van der Waals surface area contributed by atoms with E-state index in [4.69, 9.17) is 17.3 Å². The van der Waals surface area contributed by atoms with Crippen LogP contribution in [0.15, 0.2) is 42.7 Å². The summed E-state index contributed by atoms with van der Waals surface area (Å²) in [7, 11) is 0. The number of pyridine rings is 1. The normalized spacial score (nSPS) is 22.2. The van der Waals surface area contributed by atoms with Crippen LogP contribution in [0.4, 0.5) is 10.1 Å². The van der Waals surface area contributed by atoms with E-state index < -0.39 is 5.82 Å². The Morgan fingerprint density at radius 3 is 2.90 bits per heavy atom. The van der Waals surface area contributed by atoms with Crippen LogP contribution in [0.2, 0.25) is 5.02 Å². The molecule has 20 heavy (non-hydrogen) atoms. The first kappa shape index (κ1) is 13.3. The van der Waals surface area contributed by atoms with Crippen molar-refractivity contribution >= 4 is 17.3 Å². The van der Waals surface area contributed by atoms with Crippen LogP contribution in [0.1, 0.15) is 18.0 Å². The predicted molar refractivity (Wildman–Crippen MR) is 78.3 cm³/mol. The van der Waals surface area contributed by atoms with E-state index in [0.29, 0.717) is 0 Å². The van der Waals surface area contributed by atoms with Gasteiger partial charge in [-0.3, -0.25) is 4.98 Å². The molecule has 1 saturated heterocycles. The van der Waals surface area contributed by atoms with Crippen molar-refractivity contribution in [3.63, 3.8) is 0 Å². The van der Waals surface area contributed by atoms with E-state index in [1.807, 2.05) is 18.3 Å². The largest absolute Gasteiger partial charge is 0.362 e. The Hall–Kier alpha value is -1.65. The van der Waals surface area contributed by atoms with Gasteiger partial charge in [0.15, 0.2) is 0 Å². The Morgan fingerprint density at radius 2 is 2.20 bits per heavy atom. The van der Waals surface area contributed by atoms with Crippen molar-refractivity contribution in [3.05, 3.63) is 59.1 Å². The van der Waals surface area contributed by atoms with Crippen molar-refractivity contribution < 1.29 is 4.39 Å². The van der Waals surface area contributed by atoms with Crippen LogP contribution in [0, 0.1) is 5.82 Å². The van der Waals surface area contributed by atoms with Crippen LogP contribution in [-0.4, -0.2) is 17.6 Å². The second-order valence-electron chi connectivity index (χ2n) is 4.98. The quantitative estimate of drug-likeness (QED) is 0.924. The fourth-order valence-corrected chi connectivity index (χ4v) is 2.94. The molecule has 5 heteroatoms. The Kier molecular flexibility index (Phi) is 3.59. The fraction of sp³-hybridized carbons (Fsp3) is 0.267. The number of anilines is 1. The number of hydrogen-bond donors (Lipinski definition) is 1. The molecule has 2 heterocycles. The molecule has 0 saturated carbocycles. The van der Waals surface area contributed by atoms with E-state index in [1.165, 1.54) is 6.07 Å². The molecule has 3 nitrogen and oxygen atoms in total. The SMILES string of the molecule is NC1CCN(c2cccnc2)[C@H]1c1ccc(F)c(Cl)c1. The molecule has 0 spiro atoms. The van der Waals surface area contributed by atoms with Crippen LogP contribution in [-0.2, 0) is 0 Å². The molecule has 1 fully saturated rings. The maximum atomic E-state index is 13.3. The summed E-state index contributed by atoms with van der Waals surface area (Å²) in [5.41, 5.74) is 8.18. The fourth-order valence-electron chi connectivity index (χ4n) is 2.75. The number of nitrogens with two attached hydrogens (primary N) is 1. The van der Waals surface area contributed by atoms with Crippen molar-refractivity contribution in [1.82, 2.24) is 4.98 Å². The van der Waals surface area contributed by atoms with E-state index in [2.05, 4.69) is 9.88 Å². The zero-order chi connectivity index (χ0) is 14.1. The van der Waals surface area contributed by atoms with E-state index in [-0.39, 0.29) is 17.1 Å². The van der Waals surface area contributed by atoms with Crippen LogP contribution < -0.4 is 10.6 Å². The van der Waals surface area contributed by atoms with E-state index in [1.54, 1.807) is 18.3 Å². The molecule has 2 aromatic rings. The van der Waals surface area contributed by atoms with E-state index >= 15 is 0 Å². The van der Waals surface area contributed by atoms with Gasteiger partial charge in [0.1, 0.15) is 5.82 Å². The van der Waals surface area contributed by atoms with Crippen molar-refractivity contribution in [2.75, 3.05) is 11.4 Å².